The number of amides is 1. The molecule has 0 unspecified atom stereocenters. The van der Waals surface area contributed by atoms with Gasteiger partial charge < -0.3 is 10.2 Å². The molecule has 0 bridgehead atoms. The van der Waals surface area contributed by atoms with Crippen molar-refractivity contribution in [3.63, 3.8) is 0 Å². The molecule has 1 atom stereocenters. The van der Waals surface area contributed by atoms with Gasteiger partial charge in [-0.2, -0.15) is 13.2 Å². The van der Waals surface area contributed by atoms with Crippen LogP contribution in [0.15, 0.2) is 36.5 Å². The molecule has 1 aliphatic heterocycles. The molecule has 1 N–H and O–H groups in total. The molecule has 1 aromatic carbocycles. The number of rotatable bonds is 4. The van der Waals surface area contributed by atoms with E-state index in [4.69, 9.17) is 0 Å². The van der Waals surface area contributed by atoms with Gasteiger partial charge in [-0.05, 0) is 56.0 Å². The largest absolute Gasteiger partial charge is 0.416 e. The molecule has 0 spiro atoms. The SMILES string of the molecule is Cc1cnc(NCc2ccc(C(F)(F)F)cc2)cc1C(=O)N1CCC[C@H]1C. The summed E-state index contributed by atoms with van der Waals surface area (Å²) in [4.78, 5) is 19.0. The van der Waals surface area contributed by atoms with Crippen LogP contribution in [0.4, 0.5) is 19.0 Å². The van der Waals surface area contributed by atoms with Gasteiger partial charge in [0.25, 0.3) is 5.91 Å². The van der Waals surface area contributed by atoms with E-state index in [1.807, 2.05) is 18.7 Å². The molecule has 1 aliphatic rings. The fraction of sp³-hybridized carbons (Fsp3) is 0.400. The lowest BCUT2D eigenvalue weighted by molar-refractivity contribution is -0.137. The van der Waals surface area contributed by atoms with Crippen LogP contribution in [0.1, 0.15) is 46.8 Å². The van der Waals surface area contributed by atoms with E-state index in [1.54, 1.807) is 12.3 Å². The molecule has 1 aromatic heterocycles. The quantitative estimate of drug-likeness (QED) is 0.844. The second-order valence-electron chi connectivity index (χ2n) is 6.92. The highest BCUT2D eigenvalue weighted by Gasteiger charge is 2.30. The summed E-state index contributed by atoms with van der Waals surface area (Å²) in [6, 6.07) is 6.93. The van der Waals surface area contributed by atoms with E-state index >= 15 is 0 Å². The fourth-order valence-electron chi connectivity index (χ4n) is 3.24. The van der Waals surface area contributed by atoms with E-state index in [0.717, 1.165) is 37.1 Å². The Hall–Kier alpha value is -2.57. The maximum absolute atomic E-state index is 12.8. The van der Waals surface area contributed by atoms with Crippen LogP contribution in [0, 0.1) is 6.92 Å². The fourth-order valence-corrected chi connectivity index (χ4v) is 3.24. The normalized spacial score (nSPS) is 17.2. The van der Waals surface area contributed by atoms with Gasteiger partial charge in [-0.25, -0.2) is 4.98 Å². The number of nitrogens with zero attached hydrogens (tertiary/aromatic N) is 2. The number of carbonyl (C=O) groups excluding carboxylic acids is 1. The van der Waals surface area contributed by atoms with Crippen LogP contribution < -0.4 is 5.32 Å². The smallest absolute Gasteiger partial charge is 0.366 e. The molecule has 2 aromatic rings. The molecule has 144 valence electrons. The Bertz CT molecular complexity index is 818. The van der Waals surface area contributed by atoms with Crippen molar-refractivity contribution in [2.75, 3.05) is 11.9 Å². The van der Waals surface area contributed by atoms with Gasteiger partial charge in [0, 0.05) is 30.9 Å². The van der Waals surface area contributed by atoms with Crippen molar-refractivity contribution in [2.24, 2.45) is 0 Å². The van der Waals surface area contributed by atoms with Gasteiger partial charge in [0.05, 0.1) is 5.56 Å². The summed E-state index contributed by atoms with van der Waals surface area (Å²) in [5, 5.41) is 3.08. The van der Waals surface area contributed by atoms with E-state index in [0.29, 0.717) is 23.5 Å². The molecule has 2 heterocycles. The molecule has 3 rings (SSSR count). The monoisotopic (exact) mass is 377 g/mol. The number of benzene rings is 1. The second-order valence-corrected chi connectivity index (χ2v) is 6.92. The predicted octanol–water partition coefficient (Wildman–Crippen LogP) is 4.65. The topological polar surface area (TPSA) is 45.2 Å². The lowest BCUT2D eigenvalue weighted by atomic mass is 10.1. The zero-order valence-electron chi connectivity index (χ0n) is 15.3. The molecule has 1 fully saturated rings. The van der Waals surface area contributed by atoms with Gasteiger partial charge in [0.15, 0.2) is 0 Å². The first-order valence-corrected chi connectivity index (χ1v) is 8.93. The predicted molar refractivity (Wildman–Crippen MR) is 97.5 cm³/mol. The summed E-state index contributed by atoms with van der Waals surface area (Å²) in [5.74, 6) is 0.521. The number of halogens is 3. The van der Waals surface area contributed by atoms with Crippen molar-refractivity contribution in [3.8, 4) is 0 Å². The number of hydrogen-bond donors (Lipinski definition) is 1. The summed E-state index contributed by atoms with van der Waals surface area (Å²) >= 11 is 0. The Kier molecular flexibility index (Phi) is 5.39. The number of nitrogens with one attached hydrogen (secondary N) is 1. The summed E-state index contributed by atoms with van der Waals surface area (Å²) in [6.45, 7) is 4.98. The first kappa shape index (κ1) is 19.2. The molecule has 4 nitrogen and oxygen atoms in total. The molecule has 0 radical (unpaired) electrons. The number of alkyl halides is 3. The molecule has 27 heavy (non-hydrogen) atoms. The summed E-state index contributed by atoms with van der Waals surface area (Å²) in [6.07, 6.45) is -0.680. The lowest BCUT2D eigenvalue weighted by Crippen LogP contribution is -2.34. The highest BCUT2D eigenvalue weighted by molar-refractivity contribution is 5.96. The highest BCUT2D eigenvalue weighted by atomic mass is 19.4. The summed E-state index contributed by atoms with van der Waals surface area (Å²) in [7, 11) is 0. The Labute approximate surface area is 156 Å². The number of aryl methyl sites for hydroxylation is 1. The van der Waals surface area contributed by atoms with Crippen LogP contribution in [-0.4, -0.2) is 28.4 Å². The average Bonchev–Trinajstić information content (AvgIpc) is 3.06. The molecular formula is C20H22F3N3O. The van der Waals surface area contributed by atoms with Crippen molar-refractivity contribution in [1.82, 2.24) is 9.88 Å². The van der Waals surface area contributed by atoms with Crippen LogP contribution in [0.3, 0.4) is 0 Å². The molecule has 1 saturated heterocycles. The van der Waals surface area contributed by atoms with Gasteiger partial charge in [-0.15, -0.1) is 0 Å². The molecule has 0 saturated carbocycles. The number of likely N-dealkylation sites (tertiary alicyclic amines) is 1. The summed E-state index contributed by atoms with van der Waals surface area (Å²) < 4.78 is 37.9. The highest BCUT2D eigenvalue weighted by Crippen LogP contribution is 2.29. The molecule has 7 heteroatoms. The number of hydrogen-bond acceptors (Lipinski definition) is 3. The molecular weight excluding hydrogens is 355 g/mol. The maximum Gasteiger partial charge on any atom is 0.416 e. The zero-order chi connectivity index (χ0) is 19.6. The van der Waals surface area contributed by atoms with E-state index in [9.17, 15) is 18.0 Å². The van der Waals surface area contributed by atoms with Gasteiger partial charge in [0.2, 0.25) is 0 Å². The van der Waals surface area contributed by atoms with E-state index in [1.165, 1.54) is 12.1 Å². The summed E-state index contributed by atoms with van der Waals surface area (Å²) in [5.41, 5.74) is 1.44. The van der Waals surface area contributed by atoms with Gasteiger partial charge in [-0.1, -0.05) is 12.1 Å². The lowest BCUT2D eigenvalue weighted by Gasteiger charge is -2.22. The van der Waals surface area contributed by atoms with Crippen LogP contribution in [-0.2, 0) is 12.7 Å². The Morgan fingerprint density at radius 2 is 2.00 bits per heavy atom. The van der Waals surface area contributed by atoms with Crippen molar-refractivity contribution >= 4 is 11.7 Å². The molecule has 1 amide bonds. The van der Waals surface area contributed by atoms with Gasteiger partial charge >= 0.3 is 6.18 Å². The third kappa shape index (κ3) is 4.40. The van der Waals surface area contributed by atoms with Crippen molar-refractivity contribution in [3.05, 3.63) is 58.8 Å². The van der Waals surface area contributed by atoms with Crippen LogP contribution >= 0.6 is 0 Å². The van der Waals surface area contributed by atoms with E-state index < -0.39 is 11.7 Å². The minimum absolute atomic E-state index is 0.00233. The van der Waals surface area contributed by atoms with E-state index in [-0.39, 0.29) is 11.9 Å². The Morgan fingerprint density at radius 3 is 2.59 bits per heavy atom. The number of pyridine rings is 1. The third-order valence-corrected chi connectivity index (χ3v) is 4.90. The standard InChI is InChI=1S/C20H22F3N3O/c1-13-11-24-18(10-17(13)19(27)26-9-3-4-14(26)2)25-12-15-5-7-16(8-6-15)20(21,22)23/h5-8,10-11,14H,3-4,9,12H2,1-2H3,(H,24,25)/t14-/m1/s1. The van der Waals surface area contributed by atoms with Crippen LogP contribution in [0.2, 0.25) is 0 Å². The number of aromatic nitrogens is 1. The van der Waals surface area contributed by atoms with Gasteiger partial charge in [-0.3, -0.25) is 4.79 Å². The number of carbonyl (C=O) groups is 1. The Morgan fingerprint density at radius 1 is 1.30 bits per heavy atom. The minimum atomic E-state index is -4.34. The average molecular weight is 377 g/mol. The zero-order valence-corrected chi connectivity index (χ0v) is 15.3. The van der Waals surface area contributed by atoms with Crippen molar-refractivity contribution in [1.29, 1.82) is 0 Å². The second kappa shape index (κ2) is 7.58. The Balaban J connectivity index is 1.70. The van der Waals surface area contributed by atoms with Crippen molar-refractivity contribution < 1.29 is 18.0 Å². The third-order valence-electron chi connectivity index (χ3n) is 4.90. The maximum atomic E-state index is 12.8. The van der Waals surface area contributed by atoms with Crippen molar-refractivity contribution in [2.45, 2.75) is 45.5 Å². The van der Waals surface area contributed by atoms with Crippen LogP contribution in [0.5, 0.6) is 0 Å². The first-order chi connectivity index (χ1) is 12.8. The van der Waals surface area contributed by atoms with Gasteiger partial charge in [0.1, 0.15) is 5.82 Å². The minimum Gasteiger partial charge on any atom is -0.366 e. The number of anilines is 1. The van der Waals surface area contributed by atoms with Crippen LogP contribution in [0.25, 0.3) is 0 Å². The van der Waals surface area contributed by atoms with E-state index in [2.05, 4.69) is 10.3 Å². The first-order valence-electron chi connectivity index (χ1n) is 8.93. The molecule has 0 aliphatic carbocycles.